The van der Waals surface area contributed by atoms with Crippen molar-refractivity contribution in [1.29, 1.82) is 0 Å². The van der Waals surface area contributed by atoms with Gasteiger partial charge >= 0.3 is 0 Å². The molecule has 20 heavy (non-hydrogen) atoms. The maximum atomic E-state index is 10.8. The number of amides is 4. The summed E-state index contributed by atoms with van der Waals surface area (Å²) in [5.74, 6) is -2.52. The van der Waals surface area contributed by atoms with Crippen molar-refractivity contribution < 1.29 is 19.2 Å². The fourth-order valence-electron chi connectivity index (χ4n) is 2.07. The van der Waals surface area contributed by atoms with Crippen LogP contribution in [-0.4, -0.2) is 49.2 Å². The maximum absolute atomic E-state index is 10.8. The molecule has 0 spiro atoms. The molecule has 114 valence electrons. The molecule has 0 saturated carbocycles. The van der Waals surface area contributed by atoms with Gasteiger partial charge in [0.15, 0.2) is 11.6 Å². The van der Waals surface area contributed by atoms with Gasteiger partial charge in [-0.05, 0) is 7.05 Å². The van der Waals surface area contributed by atoms with Gasteiger partial charge in [-0.25, -0.2) is 4.90 Å². The molecule has 9 nitrogen and oxygen atoms in total. The minimum Gasteiger partial charge on any atom is -0.323 e. The van der Waals surface area contributed by atoms with Crippen LogP contribution in [0.15, 0.2) is 0 Å². The number of carbonyl (C=O) groups excluding carboxylic acids is 4. The monoisotopic (exact) mass is 287 g/mol. The summed E-state index contributed by atoms with van der Waals surface area (Å²) in [4.78, 5) is 44.7. The van der Waals surface area contributed by atoms with Crippen molar-refractivity contribution in [2.75, 3.05) is 7.05 Å². The molecule has 0 bridgehead atoms. The number of carbonyl (C=O) groups is 4. The normalized spacial score (nSPS) is 11.4. The van der Waals surface area contributed by atoms with Crippen molar-refractivity contribution in [2.45, 2.75) is 38.3 Å². The van der Waals surface area contributed by atoms with E-state index < -0.39 is 11.6 Å². The Morgan fingerprint density at radius 2 is 1.00 bits per heavy atom. The fraction of sp³-hybridized carbons (Fsp3) is 0.636. The highest BCUT2D eigenvalue weighted by molar-refractivity contribution is 5.55. The molecule has 0 saturated heterocycles. The first-order valence-corrected chi connectivity index (χ1v) is 6.11. The SMILES string of the molecule is CCC(NC=O)(NC=O)N(C)C(CC)(NC=O)NC=O. The summed E-state index contributed by atoms with van der Waals surface area (Å²) in [5.41, 5.74) is 0. The van der Waals surface area contributed by atoms with Gasteiger partial charge in [0, 0.05) is 12.8 Å². The lowest BCUT2D eigenvalue weighted by molar-refractivity contribution is -0.136. The molecule has 4 N–H and O–H groups in total. The van der Waals surface area contributed by atoms with Crippen LogP contribution in [0.2, 0.25) is 0 Å². The van der Waals surface area contributed by atoms with Crippen molar-refractivity contribution in [1.82, 2.24) is 26.2 Å². The minimum absolute atomic E-state index is 0.295. The van der Waals surface area contributed by atoms with E-state index in [9.17, 15) is 19.2 Å². The quantitative estimate of drug-likeness (QED) is 0.245. The largest absolute Gasteiger partial charge is 0.323 e. The Bertz CT molecular complexity index is 298. The Balaban J connectivity index is 5.68. The lowest BCUT2D eigenvalue weighted by Gasteiger charge is -2.50. The third-order valence-corrected chi connectivity index (χ3v) is 3.36. The van der Waals surface area contributed by atoms with Gasteiger partial charge in [0.25, 0.3) is 0 Å². The summed E-state index contributed by atoms with van der Waals surface area (Å²) < 4.78 is 0. The zero-order valence-corrected chi connectivity index (χ0v) is 11.8. The Morgan fingerprint density at radius 1 is 0.750 bits per heavy atom. The summed E-state index contributed by atoms with van der Waals surface area (Å²) >= 11 is 0. The topological polar surface area (TPSA) is 120 Å². The second kappa shape index (κ2) is 8.10. The first kappa shape index (κ1) is 17.8. The minimum atomic E-state index is -1.26. The van der Waals surface area contributed by atoms with Crippen molar-refractivity contribution in [3.8, 4) is 0 Å². The zero-order valence-electron chi connectivity index (χ0n) is 11.8. The van der Waals surface area contributed by atoms with Crippen LogP contribution in [0.4, 0.5) is 0 Å². The molecule has 0 aromatic rings. The standard InChI is InChI=1S/C11H21N5O4/c1-4-10(12-6-17,13-7-18)16(3)11(5-2,14-8-19)15-9-20/h6-9H,4-5H2,1-3H3,(H,12,17)(H,13,18)(H,14,19)(H,15,20). The second-order valence-corrected chi connectivity index (χ2v) is 4.04. The number of nitrogens with zero attached hydrogens (tertiary/aromatic N) is 1. The lowest BCUT2D eigenvalue weighted by Crippen LogP contribution is -2.78. The Hall–Kier alpha value is -2.16. The summed E-state index contributed by atoms with van der Waals surface area (Å²) in [6, 6.07) is 0. The molecule has 0 aromatic carbocycles. The van der Waals surface area contributed by atoms with E-state index in [0.29, 0.717) is 38.5 Å². The highest BCUT2D eigenvalue weighted by Crippen LogP contribution is 2.21. The first-order valence-electron chi connectivity index (χ1n) is 6.11. The molecule has 0 aliphatic carbocycles. The third kappa shape index (κ3) is 3.44. The number of nitrogens with one attached hydrogen (secondary N) is 4. The Kier molecular flexibility index (Phi) is 7.22. The van der Waals surface area contributed by atoms with Gasteiger partial charge in [0.1, 0.15) is 0 Å². The predicted molar refractivity (Wildman–Crippen MR) is 70.6 cm³/mol. The Morgan fingerprint density at radius 3 is 1.15 bits per heavy atom. The van der Waals surface area contributed by atoms with Gasteiger partial charge in [-0.2, -0.15) is 0 Å². The van der Waals surface area contributed by atoms with E-state index in [1.54, 1.807) is 20.9 Å². The third-order valence-electron chi connectivity index (χ3n) is 3.36. The van der Waals surface area contributed by atoms with Crippen LogP contribution in [0.25, 0.3) is 0 Å². The lowest BCUT2D eigenvalue weighted by atomic mass is 10.1. The van der Waals surface area contributed by atoms with E-state index in [1.807, 2.05) is 0 Å². The number of rotatable bonds is 12. The van der Waals surface area contributed by atoms with E-state index in [0.717, 1.165) is 0 Å². The number of hydrogen-bond acceptors (Lipinski definition) is 5. The highest BCUT2D eigenvalue weighted by atomic mass is 16.2. The van der Waals surface area contributed by atoms with Crippen LogP contribution in [0.3, 0.4) is 0 Å². The molecule has 0 atom stereocenters. The molecule has 9 heteroatoms. The van der Waals surface area contributed by atoms with Crippen LogP contribution < -0.4 is 21.3 Å². The maximum Gasteiger partial charge on any atom is 0.209 e. The molecule has 0 heterocycles. The van der Waals surface area contributed by atoms with E-state index in [-0.39, 0.29) is 0 Å². The summed E-state index contributed by atoms with van der Waals surface area (Å²) in [5, 5.41) is 9.98. The van der Waals surface area contributed by atoms with Gasteiger partial charge in [0.2, 0.25) is 25.6 Å². The summed E-state index contributed by atoms with van der Waals surface area (Å²) in [7, 11) is 1.55. The number of hydrogen-bond donors (Lipinski definition) is 4. The van der Waals surface area contributed by atoms with Crippen LogP contribution in [-0.2, 0) is 19.2 Å². The molecule has 0 rings (SSSR count). The zero-order chi connectivity index (χ0) is 15.6. The molecule has 0 radical (unpaired) electrons. The Labute approximate surface area is 117 Å². The summed E-state index contributed by atoms with van der Waals surface area (Å²) in [6.45, 7) is 3.46. The van der Waals surface area contributed by atoms with Crippen molar-refractivity contribution in [2.24, 2.45) is 0 Å². The molecule has 0 aliphatic heterocycles. The molecular weight excluding hydrogens is 266 g/mol. The van der Waals surface area contributed by atoms with Crippen molar-refractivity contribution in [3.63, 3.8) is 0 Å². The average molecular weight is 287 g/mol. The average Bonchev–Trinajstić information content (AvgIpc) is 2.45. The molecular formula is C11H21N5O4. The van der Waals surface area contributed by atoms with Gasteiger partial charge in [0.05, 0.1) is 0 Å². The molecule has 0 fully saturated rings. The van der Waals surface area contributed by atoms with E-state index in [4.69, 9.17) is 0 Å². The molecule has 4 amide bonds. The molecule has 0 unspecified atom stereocenters. The van der Waals surface area contributed by atoms with Gasteiger partial charge in [-0.3, -0.25) is 19.2 Å². The predicted octanol–water partition coefficient (Wildman–Crippen LogP) is -1.97. The van der Waals surface area contributed by atoms with Crippen LogP contribution in [0, 0.1) is 0 Å². The van der Waals surface area contributed by atoms with Gasteiger partial charge < -0.3 is 21.3 Å². The smallest absolute Gasteiger partial charge is 0.209 e. The van der Waals surface area contributed by atoms with Gasteiger partial charge in [-0.1, -0.05) is 13.8 Å². The molecule has 0 aliphatic rings. The van der Waals surface area contributed by atoms with E-state index in [1.165, 1.54) is 4.90 Å². The van der Waals surface area contributed by atoms with Gasteiger partial charge in [-0.15, -0.1) is 0 Å². The van der Waals surface area contributed by atoms with E-state index in [2.05, 4.69) is 21.3 Å². The highest BCUT2D eigenvalue weighted by Gasteiger charge is 2.44. The second-order valence-electron chi connectivity index (χ2n) is 4.04. The van der Waals surface area contributed by atoms with Crippen LogP contribution in [0.5, 0.6) is 0 Å². The van der Waals surface area contributed by atoms with Crippen molar-refractivity contribution in [3.05, 3.63) is 0 Å². The fourth-order valence-corrected chi connectivity index (χ4v) is 2.07. The van der Waals surface area contributed by atoms with Crippen molar-refractivity contribution >= 4 is 25.6 Å². The van der Waals surface area contributed by atoms with Crippen LogP contribution >= 0.6 is 0 Å². The van der Waals surface area contributed by atoms with Crippen LogP contribution in [0.1, 0.15) is 26.7 Å². The molecule has 0 aromatic heterocycles. The first-order chi connectivity index (χ1) is 9.52. The van der Waals surface area contributed by atoms with E-state index >= 15 is 0 Å². The summed E-state index contributed by atoms with van der Waals surface area (Å²) in [6.07, 6.45) is 2.31.